The third kappa shape index (κ3) is 3.31. The van der Waals surface area contributed by atoms with Crippen LogP contribution in [0.2, 0.25) is 0 Å². The number of carbonyl (C=O) groups excluding carboxylic acids is 1. The van der Waals surface area contributed by atoms with Gasteiger partial charge in [0.15, 0.2) is 5.65 Å². The Morgan fingerprint density at radius 1 is 1.14 bits per heavy atom. The number of nitrogens with one attached hydrogen (secondary N) is 2. The number of hydrogen-bond acceptors (Lipinski definition) is 5. The summed E-state index contributed by atoms with van der Waals surface area (Å²) in [5, 5.41) is 11.3. The van der Waals surface area contributed by atoms with Gasteiger partial charge in [0.1, 0.15) is 5.75 Å². The van der Waals surface area contributed by atoms with Crippen LogP contribution in [0.25, 0.3) is 33.4 Å². The van der Waals surface area contributed by atoms with Crippen LogP contribution in [0.5, 0.6) is 5.75 Å². The van der Waals surface area contributed by atoms with Crippen molar-refractivity contribution < 1.29 is 9.53 Å². The summed E-state index contributed by atoms with van der Waals surface area (Å²) in [6.45, 7) is 0. The topological polar surface area (TPSA) is 92.8 Å². The Morgan fingerprint density at radius 2 is 1.97 bits per heavy atom. The van der Waals surface area contributed by atoms with Crippen LogP contribution in [0.15, 0.2) is 55.0 Å². The van der Waals surface area contributed by atoms with Crippen LogP contribution >= 0.6 is 0 Å². The minimum Gasteiger partial charge on any atom is -0.496 e. The maximum Gasteiger partial charge on any atom is 0.253 e. The Hall–Kier alpha value is -3.74. The summed E-state index contributed by atoms with van der Waals surface area (Å²) in [6.07, 6.45) is 7.16. The molecule has 1 saturated carbocycles. The molecule has 0 spiro atoms. The van der Waals surface area contributed by atoms with Crippen LogP contribution in [0.3, 0.4) is 0 Å². The molecule has 1 aliphatic carbocycles. The average molecular weight is 385 g/mol. The van der Waals surface area contributed by atoms with E-state index in [0.717, 1.165) is 46.4 Å². The number of benzene rings is 1. The van der Waals surface area contributed by atoms with E-state index in [1.165, 1.54) is 0 Å². The van der Waals surface area contributed by atoms with Crippen molar-refractivity contribution in [2.75, 3.05) is 7.11 Å². The summed E-state index contributed by atoms with van der Waals surface area (Å²) in [4.78, 5) is 21.1. The lowest BCUT2D eigenvalue weighted by Crippen LogP contribution is -2.25. The molecule has 144 valence electrons. The molecule has 0 unspecified atom stereocenters. The second kappa shape index (κ2) is 7.01. The molecule has 1 amide bonds. The molecule has 0 saturated heterocycles. The van der Waals surface area contributed by atoms with Gasteiger partial charge in [-0.15, -0.1) is 0 Å². The summed E-state index contributed by atoms with van der Waals surface area (Å²) < 4.78 is 5.49. The van der Waals surface area contributed by atoms with Crippen molar-refractivity contribution in [2.45, 2.75) is 18.9 Å². The Balaban J connectivity index is 1.56. The van der Waals surface area contributed by atoms with Gasteiger partial charge in [-0.1, -0.05) is 12.1 Å². The summed E-state index contributed by atoms with van der Waals surface area (Å²) in [6, 6.07) is 11.9. The Bertz CT molecular complexity index is 1210. The third-order valence-electron chi connectivity index (χ3n) is 5.03. The zero-order chi connectivity index (χ0) is 19.8. The molecule has 7 heteroatoms. The van der Waals surface area contributed by atoms with Crippen molar-refractivity contribution in [1.29, 1.82) is 0 Å². The van der Waals surface area contributed by atoms with Crippen molar-refractivity contribution in [1.82, 2.24) is 25.5 Å². The lowest BCUT2D eigenvalue weighted by Gasteiger charge is -2.08. The van der Waals surface area contributed by atoms with Gasteiger partial charge in [0.05, 0.1) is 18.4 Å². The van der Waals surface area contributed by atoms with Crippen LogP contribution in [-0.4, -0.2) is 39.2 Å². The molecule has 4 aromatic rings. The number of nitrogens with zero attached hydrogens (tertiary/aromatic N) is 3. The van der Waals surface area contributed by atoms with E-state index < -0.39 is 0 Å². The number of pyridine rings is 2. The van der Waals surface area contributed by atoms with Crippen LogP contribution in [-0.2, 0) is 0 Å². The largest absolute Gasteiger partial charge is 0.496 e. The Kier molecular flexibility index (Phi) is 4.20. The van der Waals surface area contributed by atoms with Gasteiger partial charge in [-0.3, -0.25) is 14.9 Å². The van der Waals surface area contributed by atoms with Crippen LogP contribution in [0.4, 0.5) is 0 Å². The number of carbonyl (C=O) groups is 1. The minimum absolute atomic E-state index is 0.0890. The molecule has 0 aliphatic heterocycles. The number of amides is 1. The predicted octanol–water partition coefficient (Wildman–Crippen LogP) is 3.59. The third-order valence-corrected chi connectivity index (χ3v) is 5.03. The monoisotopic (exact) mass is 385 g/mol. The van der Waals surface area contributed by atoms with E-state index in [4.69, 9.17) is 4.74 Å². The first-order chi connectivity index (χ1) is 14.2. The van der Waals surface area contributed by atoms with Gasteiger partial charge in [-0.2, -0.15) is 5.10 Å². The lowest BCUT2D eigenvalue weighted by atomic mass is 10.0. The highest BCUT2D eigenvalue weighted by molar-refractivity contribution is 5.97. The molecular weight excluding hydrogens is 366 g/mol. The van der Waals surface area contributed by atoms with E-state index in [0.29, 0.717) is 17.3 Å². The minimum atomic E-state index is -0.0890. The van der Waals surface area contributed by atoms with Crippen LogP contribution < -0.4 is 10.1 Å². The normalized spacial score (nSPS) is 13.4. The molecule has 1 fully saturated rings. The fourth-order valence-electron chi connectivity index (χ4n) is 3.33. The Morgan fingerprint density at radius 3 is 2.79 bits per heavy atom. The predicted molar refractivity (Wildman–Crippen MR) is 110 cm³/mol. The number of methoxy groups -OCH3 is 1. The van der Waals surface area contributed by atoms with Gasteiger partial charge in [-0.25, -0.2) is 4.98 Å². The summed E-state index contributed by atoms with van der Waals surface area (Å²) in [5.74, 6) is 0.665. The smallest absolute Gasteiger partial charge is 0.253 e. The van der Waals surface area contributed by atoms with E-state index in [2.05, 4.69) is 25.5 Å². The zero-order valence-electron chi connectivity index (χ0n) is 15.8. The van der Waals surface area contributed by atoms with Gasteiger partial charge in [0, 0.05) is 46.7 Å². The van der Waals surface area contributed by atoms with E-state index in [-0.39, 0.29) is 5.91 Å². The summed E-state index contributed by atoms with van der Waals surface area (Å²) >= 11 is 0. The molecule has 3 aromatic heterocycles. The van der Waals surface area contributed by atoms with Crippen LogP contribution in [0.1, 0.15) is 23.2 Å². The van der Waals surface area contributed by atoms with E-state index in [1.807, 2.05) is 36.4 Å². The standard InChI is InChI=1S/C22H19N5O2/c1-29-19-5-3-2-4-17(19)20-18-9-14(12-24-21(18)27-26-20)13-8-15(11-23-10-13)22(28)25-16-6-7-16/h2-5,8-12,16H,6-7H2,1H3,(H,25,28)(H,24,26,27). The number of fused-ring (bicyclic) bond motifs is 1. The molecular formula is C22H19N5O2. The van der Waals surface area contributed by atoms with Crippen molar-refractivity contribution in [3.8, 4) is 28.1 Å². The molecule has 1 aromatic carbocycles. The number of hydrogen-bond donors (Lipinski definition) is 2. The number of aromatic amines is 1. The number of ether oxygens (including phenoxy) is 1. The molecule has 0 radical (unpaired) electrons. The average Bonchev–Trinajstić information content (AvgIpc) is 3.49. The fourth-order valence-corrected chi connectivity index (χ4v) is 3.33. The van der Waals surface area contributed by atoms with Crippen molar-refractivity contribution in [2.24, 2.45) is 0 Å². The second-order valence-electron chi connectivity index (χ2n) is 7.10. The van der Waals surface area contributed by atoms with Crippen molar-refractivity contribution in [3.63, 3.8) is 0 Å². The second-order valence-corrected chi connectivity index (χ2v) is 7.10. The van der Waals surface area contributed by atoms with Crippen LogP contribution in [0, 0.1) is 0 Å². The first kappa shape index (κ1) is 17.4. The van der Waals surface area contributed by atoms with E-state index in [9.17, 15) is 4.79 Å². The first-order valence-electron chi connectivity index (χ1n) is 9.47. The highest BCUT2D eigenvalue weighted by atomic mass is 16.5. The molecule has 5 rings (SSSR count). The first-order valence-corrected chi connectivity index (χ1v) is 9.47. The van der Waals surface area contributed by atoms with E-state index in [1.54, 1.807) is 25.7 Å². The number of para-hydroxylation sites is 1. The fraction of sp³-hybridized carbons (Fsp3) is 0.182. The number of H-pyrrole nitrogens is 1. The molecule has 1 aliphatic rings. The van der Waals surface area contributed by atoms with E-state index >= 15 is 0 Å². The van der Waals surface area contributed by atoms with Gasteiger partial charge in [0.2, 0.25) is 0 Å². The molecule has 29 heavy (non-hydrogen) atoms. The van der Waals surface area contributed by atoms with Crippen molar-refractivity contribution >= 4 is 16.9 Å². The SMILES string of the molecule is COc1ccccc1-c1[nH]nc2ncc(-c3cncc(C(=O)NC4CC4)c3)cc12. The molecule has 3 heterocycles. The zero-order valence-corrected chi connectivity index (χ0v) is 15.8. The van der Waals surface area contributed by atoms with Gasteiger partial charge >= 0.3 is 0 Å². The Labute approximate surface area is 167 Å². The van der Waals surface area contributed by atoms with Gasteiger partial charge in [-0.05, 0) is 37.1 Å². The molecule has 7 nitrogen and oxygen atoms in total. The molecule has 0 atom stereocenters. The maximum absolute atomic E-state index is 12.4. The summed E-state index contributed by atoms with van der Waals surface area (Å²) in [5.41, 5.74) is 4.60. The molecule has 2 N–H and O–H groups in total. The quantitative estimate of drug-likeness (QED) is 0.548. The molecule has 0 bridgehead atoms. The maximum atomic E-state index is 12.4. The van der Waals surface area contributed by atoms with Gasteiger partial charge < -0.3 is 10.1 Å². The van der Waals surface area contributed by atoms with Crippen molar-refractivity contribution in [3.05, 3.63) is 60.6 Å². The number of aromatic nitrogens is 4. The highest BCUT2D eigenvalue weighted by Crippen LogP contribution is 2.34. The highest BCUT2D eigenvalue weighted by Gasteiger charge is 2.24. The number of rotatable bonds is 5. The lowest BCUT2D eigenvalue weighted by molar-refractivity contribution is 0.0950. The van der Waals surface area contributed by atoms with Gasteiger partial charge in [0.25, 0.3) is 5.91 Å². The summed E-state index contributed by atoms with van der Waals surface area (Å²) in [7, 11) is 1.64.